The largest absolute Gasteiger partial charge is 0.376 e. The van der Waals surface area contributed by atoms with Crippen molar-refractivity contribution in [1.82, 2.24) is 0 Å². The molecule has 2 heteroatoms. The third kappa shape index (κ3) is 6.10. The van der Waals surface area contributed by atoms with Gasteiger partial charge in [-0.3, -0.25) is 0 Å². The van der Waals surface area contributed by atoms with Crippen molar-refractivity contribution in [2.75, 3.05) is 7.11 Å². The summed E-state index contributed by atoms with van der Waals surface area (Å²) in [6.07, 6.45) is 0.839. The number of aryl methyl sites for hydroxylation is 2. The summed E-state index contributed by atoms with van der Waals surface area (Å²) in [4.78, 5) is 0. The van der Waals surface area contributed by atoms with Gasteiger partial charge in [-0.2, -0.15) is 0 Å². The van der Waals surface area contributed by atoms with E-state index in [0.717, 1.165) is 6.42 Å². The van der Waals surface area contributed by atoms with Crippen LogP contribution in [0, 0.1) is 13.8 Å². The average molecular weight is 481 g/mol. The maximum absolute atomic E-state index is 6.22. The number of ether oxygens (including phenoxy) is 1. The Morgan fingerprint density at radius 2 is 1.26 bits per heavy atom. The van der Waals surface area contributed by atoms with Crippen LogP contribution in [0.2, 0.25) is 0 Å². The smallest absolute Gasteiger partial charge is 0.0867 e. The van der Waals surface area contributed by atoms with Crippen molar-refractivity contribution < 1.29 is 4.74 Å². The van der Waals surface area contributed by atoms with Crippen molar-refractivity contribution in [3.05, 3.63) is 125 Å². The van der Waals surface area contributed by atoms with E-state index in [-0.39, 0.29) is 11.5 Å². The summed E-state index contributed by atoms with van der Waals surface area (Å²) >= 11 is 0. The molecule has 0 heterocycles. The van der Waals surface area contributed by atoms with Gasteiger partial charge in [-0.25, -0.2) is 0 Å². The monoisotopic (exact) mass is 480 g/mol. The van der Waals surface area contributed by atoms with Gasteiger partial charge in [0.05, 0.1) is 6.10 Å². The van der Waals surface area contributed by atoms with E-state index in [1.165, 1.54) is 43.7 Å². The summed E-state index contributed by atoms with van der Waals surface area (Å²) in [6, 6.07) is 35.8. The van der Waals surface area contributed by atoms with Crippen molar-refractivity contribution in [2.45, 2.75) is 52.6 Å². The molecule has 0 N–H and O–H groups in total. The molecule has 0 saturated carbocycles. The molecule has 0 spiro atoms. The topological polar surface area (TPSA) is 9.23 Å². The second-order valence-corrected chi connectivity index (χ2v) is 12.6. The molecule has 0 radical (unpaired) electrons. The molecule has 0 bridgehead atoms. The summed E-state index contributed by atoms with van der Waals surface area (Å²) in [5.74, 6) is 0. The van der Waals surface area contributed by atoms with Crippen LogP contribution in [-0.4, -0.2) is 7.11 Å². The summed E-state index contributed by atoms with van der Waals surface area (Å²) in [5.41, 5.74) is 6.64. The highest BCUT2D eigenvalue weighted by molar-refractivity contribution is 7.79. The van der Waals surface area contributed by atoms with Gasteiger partial charge in [-0.15, -0.1) is 0 Å². The zero-order valence-electron chi connectivity index (χ0n) is 21.9. The fraction of sp³-hybridized carbons (Fsp3) is 0.273. The first-order valence-corrected chi connectivity index (χ1v) is 13.7. The molecule has 1 nitrogen and oxygen atoms in total. The highest BCUT2D eigenvalue weighted by atomic mass is 31.1. The van der Waals surface area contributed by atoms with E-state index in [9.17, 15) is 0 Å². The van der Waals surface area contributed by atoms with E-state index >= 15 is 0 Å². The Labute approximate surface area is 213 Å². The standard InChI is InChI=1S/C33H37OP/c1-24-19-25(2)21-26(20-24)22-31(34-6)30-18-17-27(33(3,4)5)23-32(30)35(28-13-9-7-10-14-28)29-15-11-8-12-16-29/h7-21,23,31H,22H2,1-6H3/t31-/m1/s1. The molecule has 4 rings (SSSR count). The van der Waals surface area contributed by atoms with Crippen LogP contribution >= 0.6 is 7.92 Å². The molecule has 0 aliphatic carbocycles. The Morgan fingerprint density at radius 1 is 0.714 bits per heavy atom. The Balaban J connectivity index is 1.90. The average Bonchev–Trinajstić information content (AvgIpc) is 2.83. The van der Waals surface area contributed by atoms with Crippen LogP contribution in [0.5, 0.6) is 0 Å². The third-order valence-corrected chi connectivity index (χ3v) is 9.00. The Hall–Kier alpha value is -2.73. The van der Waals surface area contributed by atoms with Gasteiger partial charge in [-0.1, -0.05) is 123 Å². The van der Waals surface area contributed by atoms with E-state index in [0.29, 0.717) is 0 Å². The van der Waals surface area contributed by atoms with E-state index in [4.69, 9.17) is 4.74 Å². The van der Waals surface area contributed by atoms with E-state index in [2.05, 4.69) is 132 Å². The molecule has 0 amide bonds. The van der Waals surface area contributed by atoms with Crippen LogP contribution in [-0.2, 0) is 16.6 Å². The van der Waals surface area contributed by atoms with Gasteiger partial charge in [0.25, 0.3) is 0 Å². The van der Waals surface area contributed by atoms with E-state index < -0.39 is 7.92 Å². The zero-order valence-corrected chi connectivity index (χ0v) is 22.8. The summed E-state index contributed by atoms with van der Waals surface area (Å²) in [7, 11) is 1.11. The Morgan fingerprint density at radius 3 is 1.74 bits per heavy atom. The lowest BCUT2D eigenvalue weighted by atomic mass is 9.86. The second kappa shape index (κ2) is 10.9. The number of rotatable bonds is 7. The lowest BCUT2D eigenvalue weighted by molar-refractivity contribution is 0.104. The SMILES string of the molecule is CO[C@H](Cc1cc(C)cc(C)c1)c1ccc(C(C)(C)C)cc1P(c1ccccc1)c1ccccc1. The van der Waals surface area contributed by atoms with Crippen LogP contribution in [0.4, 0.5) is 0 Å². The predicted molar refractivity (Wildman–Crippen MR) is 153 cm³/mol. The van der Waals surface area contributed by atoms with Crippen molar-refractivity contribution in [3.8, 4) is 0 Å². The van der Waals surface area contributed by atoms with Crippen LogP contribution in [0.3, 0.4) is 0 Å². The van der Waals surface area contributed by atoms with Gasteiger partial charge in [0, 0.05) is 13.5 Å². The molecule has 180 valence electrons. The van der Waals surface area contributed by atoms with Crippen molar-refractivity contribution in [3.63, 3.8) is 0 Å². The quantitative estimate of drug-likeness (QED) is 0.252. The van der Waals surface area contributed by atoms with E-state index in [1.807, 2.05) is 7.11 Å². The lowest BCUT2D eigenvalue weighted by Crippen LogP contribution is -2.27. The second-order valence-electron chi connectivity index (χ2n) is 10.5. The first kappa shape index (κ1) is 25.4. The number of benzene rings is 4. The fourth-order valence-electron chi connectivity index (χ4n) is 4.78. The zero-order chi connectivity index (χ0) is 25.0. The van der Waals surface area contributed by atoms with Crippen LogP contribution in [0.25, 0.3) is 0 Å². The summed E-state index contributed by atoms with van der Waals surface area (Å²) in [5, 5.41) is 4.12. The van der Waals surface area contributed by atoms with Gasteiger partial charge >= 0.3 is 0 Å². The number of methoxy groups -OCH3 is 1. The van der Waals surface area contributed by atoms with Crippen molar-refractivity contribution in [2.24, 2.45) is 0 Å². The minimum absolute atomic E-state index is 0.0161. The fourth-order valence-corrected chi connectivity index (χ4v) is 7.32. The van der Waals surface area contributed by atoms with Gasteiger partial charge < -0.3 is 4.74 Å². The minimum atomic E-state index is -0.735. The predicted octanol–water partition coefficient (Wildman–Crippen LogP) is 7.29. The first-order chi connectivity index (χ1) is 16.8. The molecule has 1 atom stereocenters. The lowest BCUT2D eigenvalue weighted by Gasteiger charge is -2.29. The van der Waals surface area contributed by atoms with Gasteiger partial charge in [0.15, 0.2) is 0 Å². The van der Waals surface area contributed by atoms with Gasteiger partial charge in [-0.05, 0) is 65.9 Å². The molecule has 0 aromatic heterocycles. The molecular formula is C33H37OP. The Kier molecular flexibility index (Phi) is 7.90. The normalized spacial score (nSPS) is 12.7. The molecule has 0 saturated heterocycles. The summed E-state index contributed by atoms with van der Waals surface area (Å²) in [6.45, 7) is 11.2. The first-order valence-electron chi connectivity index (χ1n) is 12.4. The molecule has 0 fully saturated rings. The van der Waals surface area contributed by atoms with Crippen molar-refractivity contribution >= 4 is 23.8 Å². The molecule has 4 aromatic carbocycles. The minimum Gasteiger partial charge on any atom is -0.376 e. The molecule has 0 aliphatic heterocycles. The molecule has 0 unspecified atom stereocenters. The highest BCUT2D eigenvalue weighted by Crippen LogP contribution is 2.38. The van der Waals surface area contributed by atoms with Crippen LogP contribution in [0.15, 0.2) is 97.1 Å². The van der Waals surface area contributed by atoms with E-state index in [1.54, 1.807) is 0 Å². The summed E-state index contributed by atoms with van der Waals surface area (Å²) < 4.78 is 6.22. The molecule has 4 aromatic rings. The van der Waals surface area contributed by atoms with Gasteiger partial charge in [0.1, 0.15) is 0 Å². The molecule has 0 aliphatic rings. The van der Waals surface area contributed by atoms with Crippen LogP contribution in [0.1, 0.15) is 54.7 Å². The maximum atomic E-state index is 6.22. The van der Waals surface area contributed by atoms with Crippen LogP contribution < -0.4 is 15.9 Å². The molecular weight excluding hydrogens is 443 g/mol. The number of hydrogen-bond acceptors (Lipinski definition) is 1. The number of hydrogen-bond donors (Lipinski definition) is 0. The van der Waals surface area contributed by atoms with Gasteiger partial charge in [0.2, 0.25) is 0 Å². The third-order valence-electron chi connectivity index (χ3n) is 6.50. The molecule has 35 heavy (non-hydrogen) atoms. The highest BCUT2D eigenvalue weighted by Gasteiger charge is 2.26. The maximum Gasteiger partial charge on any atom is 0.0867 e. The van der Waals surface area contributed by atoms with Crippen molar-refractivity contribution in [1.29, 1.82) is 0 Å². The Bertz CT molecular complexity index is 1200.